The number of nitrogens with one attached hydrogen (secondary N) is 1. The van der Waals surface area contributed by atoms with Crippen LogP contribution in [-0.4, -0.2) is 16.1 Å². The molecule has 0 spiro atoms. The number of halogens is 1. The monoisotopic (exact) mass is 396 g/mol. The van der Waals surface area contributed by atoms with E-state index in [2.05, 4.69) is 4.98 Å². The van der Waals surface area contributed by atoms with E-state index in [-0.39, 0.29) is 11.7 Å². The fraction of sp³-hybridized carbons (Fsp3) is 0.391. The highest BCUT2D eigenvalue weighted by Crippen LogP contribution is 2.48. The molecule has 2 aliphatic carbocycles. The van der Waals surface area contributed by atoms with Crippen molar-refractivity contribution in [3.63, 3.8) is 0 Å². The van der Waals surface area contributed by atoms with Crippen LogP contribution in [0.3, 0.4) is 0 Å². The van der Waals surface area contributed by atoms with Gasteiger partial charge in [0.1, 0.15) is 11.3 Å². The van der Waals surface area contributed by atoms with Crippen molar-refractivity contribution in [1.82, 2.24) is 10.5 Å². The van der Waals surface area contributed by atoms with Crippen molar-refractivity contribution in [2.75, 3.05) is 0 Å². The van der Waals surface area contributed by atoms with Crippen molar-refractivity contribution in [2.24, 2.45) is 5.41 Å². The van der Waals surface area contributed by atoms with Crippen LogP contribution in [-0.2, 0) is 4.79 Å². The van der Waals surface area contributed by atoms with Crippen LogP contribution < -0.4 is 5.48 Å². The molecule has 0 radical (unpaired) electrons. The quantitative estimate of drug-likeness (QED) is 0.387. The van der Waals surface area contributed by atoms with E-state index in [0.29, 0.717) is 18.8 Å². The smallest absolute Gasteiger partial charge is 0.253 e. The first-order chi connectivity index (χ1) is 14.0. The molecule has 1 amide bonds. The minimum atomic E-state index is -0.825. The highest BCUT2D eigenvalue weighted by Gasteiger charge is 2.43. The van der Waals surface area contributed by atoms with Gasteiger partial charge in [-0.15, -0.1) is 0 Å². The zero-order chi connectivity index (χ0) is 20.4. The van der Waals surface area contributed by atoms with Gasteiger partial charge in [0.25, 0.3) is 5.91 Å². The molecule has 0 bridgehead atoms. The van der Waals surface area contributed by atoms with Crippen molar-refractivity contribution in [3.8, 4) is 0 Å². The van der Waals surface area contributed by atoms with Crippen LogP contribution >= 0.6 is 0 Å². The number of allylic oxidation sites excluding steroid dienone is 5. The van der Waals surface area contributed by atoms with Crippen LogP contribution in [0.1, 0.15) is 62.3 Å². The summed E-state index contributed by atoms with van der Waals surface area (Å²) >= 11 is 0. The van der Waals surface area contributed by atoms with Crippen LogP contribution in [0.15, 0.2) is 58.8 Å². The van der Waals surface area contributed by atoms with Crippen LogP contribution in [0.25, 0.3) is 11.1 Å². The fourth-order valence-corrected chi connectivity index (χ4v) is 4.11. The van der Waals surface area contributed by atoms with Crippen molar-refractivity contribution in [2.45, 2.75) is 50.9 Å². The Morgan fingerprint density at radius 2 is 2.14 bits per heavy atom. The molecule has 2 aliphatic rings. The summed E-state index contributed by atoms with van der Waals surface area (Å²) in [6.45, 7) is 1.62. The number of nitrogens with zero attached hydrogens (tertiary/aromatic N) is 1. The first kappa shape index (κ1) is 19.6. The molecule has 1 aromatic carbocycles. The molecule has 1 heterocycles. The molecule has 2 N–H and O–H groups in total. The molecule has 4 rings (SSSR count). The van der Waals surface area contributed by atoms with E-state index >= 15 is 0 Å². The molecule has 6 heteroatoms. The third-order valence-electron chi connectivity index (χ3n) is 5.99. The number of carbonyl (C=O) groups is 1. The van der Waals surface area contributed by atoms with Crippen LogP contribution in [0.5, 0.6) is 0 Å². The molecule has 5 nitrogen and oxygen atoms in total. The summed E-state index contributed by atoms with van der Waals surface area (Å²) in [5.41, 5.74) is 3.75. The predicted octanol–water partition coefficient (Wildman–Crippen LogP) is 5.45. The number of hydroxylamine groups is 1. The number of carbonyl (C=O) groups excluding carboxylic acids is 1. The van der Waals surface area contributed by atoms with Gasteiger partial charge in [0.15, 0.2) is 11.5 Å². The Morgan fingerprint density at radius 3 is 2.86 bits per heavy atom. The Kier molecular flexibility index (Phi) is 5.37. The normalized spacial score (nSPS) is 25.5. The molecule has 2 saturated carbocycles. The van der Waals surface area contributed by atoms with Gasteiger partial charge >= 0.3 is 0 Å². The molecular weight excluding hydrogens is 371 g/mol. The lowest BCUT2D eigenvalue weighted by Gasteiger charge is -2.23. The molecule has 152 valence electrons. The van der Waals surface area contributed by atoms with Crippen molar-refractivity contribution >= 4 is 17.0 Å². The Morgan fingerprint density at radius 1 is 1.31 bits per heavy atom. The summed E-state index contributed by atoms with van der Waals surface area (Å²) in [6.07, 6.45) is 11.9. The Bertz CT molecular complexity index is 1000. The molecule has 0 saturated heterocycles. The lowest BCUT2D eigenvalue weighted by Crippen LogP contribution is -2.36. The SMILES string of the molecule is CC=C(F)C=CC=CC1(C(=O)NO)CCC(c2ccc3oc(C4CC4)nc3c2)C1. The topological polar surface area (TPSA) is 75.4 Å². The zero-order valence-electron chi connectivity index (χ0n) is 16.4. The predicted molar refractivity (Wildman–Crippen MR) is 108 cm³/mol. The second kappa shape index (κ2) is 7.95. The number of hydrogen-bond acceptors (Lipinski definition) is 4. The van der Waals surface area contributed by atoms with Crippen LogP contribution in [0, 0.1) is 5.41 Å². The highest BCUT2D eigenvalue weighted by atomic mass is 19.1. The maximum absolute atomic E-state index is 13.2. The van der Waals surface area contributed by atoms with Gasteiger partial charge in [-0.25, -0.2) is 14.9 Å². The zero-order valence-corrected chi connectivity index (χ0v) is 16.4. The van der Waals surface area contributed by atoms with E-state index in [9.17, 15) is 14.4 Å². The van der Waals surface area contributed by atoms with E-state index in [4.69, 9.17) is 4.42 Å². The first-order valence-corrected chi connectivity index (χ1v) is 10.1. The molecule has 2 aromatic rings. The van der Waals surface area contributed by atoms with Gasteiger partial charge in [0.2, 0.25) is 0 Å². The Labute approximate surface area is 169 Å². The number of fused-ring (bicyclic) bond motifs is 1. The second-order valence-electron chi connectivity index (χ2n) is 7.98. The van der Waals surface area contributed by atoms with E-state index in [0.717, 1.165) is 41.8 Å². The fourth-order valence-electron chi connectivity index (χ4n) is 4.11. The van der Waals surface area contributed by atoms with Gasteiger partial charge in [0, 0.05) is 5.92 Å². The maximum Gasteiger partial charge on any atom is 0.253 e. The number of benzene rings is 1. The molecule has 0 aliphatic heterocycles. The highest BCUT2D eigenvalue weighted by molar-refractivity contribution is 5.84. The first-order valence-electron chi connectivity index (χ1n) is 10.1. The molecule has 2 atom stereocenters. The standard InChI is InChI=1S/C23H25FN2O3/c1-2-18(24)5-3-4-11-23(22(27)26-28)12-10-17(14-23)16-8-9-20-19(13-16)25-21(29-20)15-6-7-15/h2-5,8-9,11,13,15,17,28H,6-7,10,12,14H2,1H3,(H,26,27). The lowest BCUT2D eigenvalue weighted by molar-refractivity contribution is -0.137. The number of amides is 1. The summed E-state index contributed by atoms with van der Waals surface area (Å²) in [6, 6.07) is 6.04. The third kappa shape index (κ3) is 4.03. The average Bonchev–Trinajstić information content (AvgIpc) is 3.36. The largest absolute Gasteiger partial charge is 0.440 e. The van der Waals surface area contributed by atoms with Gasteiger partial charge < -0.3 is 4.42 Å². The summed E-state index contributed by atoms with van der Waals surface area (Å²) in [5.74, 6) is 0.670. The van der Waals surface area contributed by atoms with E-state index in [1.165, 1.54) is 12.2 Å². The van der Waals surface area contributed by atoms with Gasteiger partial charge in [-0.2, -0.15) is 0 Å². The summed E-state index contributed by atoms with van der Waals surface area (Å²) in [5, 5.41) is 9.26. The molecular formula is C23H25FN2O3. The van der Waals surface area contributed by atoms with Crippen molar-refractivity contribution in [1.29, 1.82) is 0 Å². The number of rotatable bonds is 6. The van der Waals surface area contributed by atoms with Crippen LogP contribution in [0.2, 0.25) is 0 Å². The Balaban J connectivity index is 1.55. The molecule has 2 fully saturated rings. The molecule has 1 aromatic heterocycles. The minimum absolute atomic E-state index is 0.165. The Hall–Kier alpha value is -2.73. The maximum atomic E-state index is 13.2. The number of oxazole rings is 1. The average molecular weight is 396 g/mol. The number of hydrogen-bond donors (Lipinski definition) is 2. The molecule has 29 heavy (non-hydrogen) atoms. The van der Waals surface area contributed by atoms with E-state index in [1.807, 2.05) is 18.2 Å². The number of aromatic nitrogens is 1. The summed E-state index contributed by atoms with van der Waals surface area (Å²) < 4.78 is 19.1. The third-order valence-corrected chi connectivity index (χ3v) is 5.99. The van der Waals surface area contributed by atoms with Gasteiger partial charge in [-0.05, 0) is 68.7 Å². The van der Waals surface area contributed by atoms with Crippen LogP contribution in [0.4, 0.5) is 4.39 Å². The summed E-state index contributed by atoms with van der Waals surface area (Å²) in [4.78, 5) is 17.1. The second-order valence-corrected chi connectivity index (χ2v) is 7.98. The van der Waals surface area contributed by atoms with Crippen molar-refractivity contribution in [3.05, 3.63) is 65.9 Å². The molecule has 2 unspecified atom stereocenters. The van der Waals surface area contributed by atoms with Crippen molar-refractivity contribution < 1.29 is 18.8 Å². The van der Waals surface area contributed by atoms with E-state index < -0.39 is 11.3 Å². The van der Waals surface area contributed by atoms with Gasteiger partial charge in [0.05, 0.1) is 5.41 Å². The lowest BCUT2D eigenvalue weighted by atomic mass is 9.83. The van der Waals surface area contributed by atoms with Gasteiger partial charge in [-0.3, -0.25) is 10.0 Å². The van der Waals surface area contributed by atoms with Gasteiger partial charge in [-0.1, -0.05) is 30.4 Å². The van der Waals surface area contributed by atoms with E-state index in [1.54, 1.807) is 30.6 Å². The summed E-state index contributed by atoms with van der Waals surface area (Å²) in [7, 11) is 0. The minimum Gasteiger partial charge on any atom is -0.440 e.